The summed E-state index contributed by atoms with van der Waals surface area (Å²) < 4.78 is 28.3. The predicted molar refractivity (Wildman–Crippen MR) is 129 cm³/mol. The minimum Gasteiger partial charge on any atom is -0.326 e. The molecule has 2 amide bonds. The largest absolute Gasteiger partial charge is 0.326 e. The van der Waals surface area contributed by atoms with Crippen LogP contribution in [0.2, 0.25) is 0 Å². The molecule has 4 rings (SSSR count). The number of piperidine rings is 1. The molecular weight excluding hydrogens is 438 g/mol. The summed E-state index contributed by atoms with van der Waals surface area (Å²) in [6.07, 6.45) is 2.83. The summed E-state index contributed by atoms with van der Waals surface area (Å²) in [7, 11) is -3.74. The van der Waals surface area contributed by atoms with Gasteiger partial charge in [-0.1, -0.05) is 6.07 Å². The lowest BCUT2D eigenvalue weighted by Crippen LogP contribution is -2.43. The van der Waals surface area contributed by atoms with Gasteiger partial charge in [0.2, 0.25) is 21.8 Å². The van der Waals surface area contributed by atoms with Crippen molar-refractivity contribution in [1.82, 2.24) is 4.31 Å². The molecule has 0 unspecified atom stereocenters. The molecule has 8 heteroatoms. The van der Waals surface area contributed by atoms with Crippen LogP contribution in [0.5, 0.6) is 0 Å². The first kappa shape index (κ1) is 23.4. The van der Waals surface area contributed by atoms with E-state index >= 15 is 0 Å². The topological polar surface area (TPSA) is 86.8 Å². The van der Waals surface area contributed by atoms with Crippen LogP contribution in [0.3, 0.4) is 0 Å². The summed E-state index contributed by atoms with van der Waals surface area (Å²) in [5.41, 5.74) is 4.53. The van der Waals surface area contributed by atoms with Crippen molar-refractivity contribution in [1.29, 1.82) is 0 Å². The molecule has 33 heavy (non-hydrogen) atoms. The number of nitrogens with one attached hydrogen (secondary N) is 1. The van der Waals surface area contributed by atoms with Gasteiger partial charge in [0, 0.05) is 37.9 Å². The van der Waals surface area contributed by atoms with Crippen molar-refractivity contribution in [3.8, 4) is 0 Å². The second-order valence-electron chi connectivity index (χ2n) is 9.13. The number of anilines is 2. The van der Waals surface area contributed by atoms with Gasteiger partial charge in [-0.05, 0) is 86.6 Å². The highest BCUT2D eigenvalue weighted by Gasteiger charge is 2.34. The number of fused-ring (bicyclic) bond motifs is 1. The van der Waals surface area contributed by atoms with Crippen LogP contribution in [0.15, 0.2) is 41.3 Å². The summed E-state index contributed by atoms with van der Waals surface area (Å²) in [6, 6.07) is 10.9. The summed E-state index contributed by atoms with van der Waals surface area (Å²) in [4.78, 5) is 26.8. The van der Waals surface area contributed by atoms with E-state index in [1.54, 1.807) is 23.1 Å². The molecule has 176 valence electrons. The molecule has 2 aliphatic rings. The third kappa shape index (κ3) is 4.96. The van der Waals surface area contributed by atoms with E-state index in [4.69, 9.17) is 0 Å². The van der Waals surface area contributed by atoms with Crippen LogP contribution in [0.4, 0.5) is 11.4 Å². The van der Waals surface area contributed by atoms with Gasteiger partial charge >= 0.3 is 0 Å². The van der Waals surface area contributed by atoms with Crippen LogP contribution >= 0.6 is 0 Å². The number of aryl methyl sites for hydroxylation is 3. The molecule has 1 N–H and O–H groups in total. The number of hydrogen-bond donors (Lipinski definition) is 1. The van der Waals surface area contributed by atoms with Crippen molar-refractivity contribution >= 4 is 33.2 Å². The highest BCUT2D eigenvalue weighted by Crippen LogP contribution is 2.32. The zero-order chi connectivity index (χ0) is 23.8. The maximum Gasteiger partial charge on any atom is 0.243 e. The zero-order valence-corrected chi connectivity index (χ0v) is 20.2. The van der Waals surface area contributed by atoms with E-state index in [1.807, 2.05) is 32.0 Å². The van der Waals surface area contributed by atoms with E-state index in [1.165, 1.54) is 11.2 Å². The first-order valence-corrected chi connectivity index (χ1v) is 12.9. The fourth-order valence-electron chi connectivity index (χ4n) is 4.88. The lowest BCUT2D eigenvalue weighted by molar-refractivity contribution is -0.121. The molecule has 0 aromatic heterocycles. The first-order chi connectivity index (χ1) is 15.6. The summed E-state index contributed by atoms with van der Waals surface area (Å²) in [5, 5.41) is 2.96. The average molecular weight is 470 g/mol. The first-order valence-electron chi connectivity index (χ1n) is 11.5. The molecule has 2 aromatic carbocycles. The van der Waals surface area contributed by atoms with Crippen LogP contribution < -0.4 is 10.2 Å². The van der Waals surface area contributed by atoms with E-state index in [0.717, 1.165) is 40.9 Å². The van der Waals surface area contributed by atoms with Gasteiger partial charge in [0.15, 0.2) is 0 Å². The Balaban J connectivity index is 1.51. The second-order valence-corrected chi connectivity index (χ2v) is 11.1. The Morgan fingerprint density at radius 3 is 2.42 bits per heavy atom. The Labute approximate surface area is 195 Å². The lowest BCUT2D eigenvalue weighted by Gasteiger charge is -2.32. The van der Waals surface area contributed by atoms with Crippen molar-refractivity contribution in [3.63, 3.8) is 0 Å². The van der Waals surface area contributed by atoms with E-state index in [0.29, 0.717) is 25.9 Å². The summed E-state index contributed by atoms with van der Waals surface area (Å²) in [6.45, 7) is 6.69. The van der Waals surface area contributed by atoms with E-state index in [2.05, 4.69) is 5.32 Å². The van der Waals surface area contributed by atoms with Crippen LogP contribution in [0.25, 0.3) is 0 Å². The van der Waals surface area contributed by atoms with Gasteiger partial charge in [0.1, 0.15) is 0 Å². The number of hydrogen-bond acceptors (Lipinski definition) is 4. The molecule has 1 atom stereocenters. The molecule has 2 aliphatic heterocycles. The Morgan fingerprint density at radius 1 is 1.00 bits per heavy atom. The molecule has 0 radical (unpaired) electrons. The van der Waals surface area contributed by atoms with Gasteiger partial charge in [-0.15, -0.1) is 0 Å². The number of nitrogens with zero attached hydrogens (tertiary/aromatic N) is 2. The minimum absolute atomic E-state index is 0.0414. The Hall–Kier alpha value is -2.71. The molecule has 2 heterocycles. The maximum absolute atomic E-state index is 13.4. The number of carbonyl (C=O) groups is 2. The maximum atomic E-state index is 13.4. The summed E-state index contributed by atoms with van der Waals surface area (Å²) >= 11 is 0. The smallest absolute Gasteiger partial charge is 0.243 e. The predicted octanol–water partition coefficient (Wildman–Crippen LogP) is 3.64. The van der Waals surface area contributed by atoms with Crippen LogP contribution in [0, 0.1) is 19.8 Å². The molecule has 0 bridgehead atoms. The van der Waals surface area contributed by atoms with Gasteiger partial charge in [-0.2, -0.15) is 4.31 Å². The van der Waals surface area contributed by atoms with Gasteiger partial charge in [-0.25, -0.2) is 8.42 Å². The van der Waals surface area contributed by atoms with Crippen molar-refractivity contribution in [2.24, 2.45) is 5.92 Å². The normalized spacial score (nSPS) is 19.1. The molecule has 2 aromatic rings. The standard InChI is InChI=1S/C25H31N3O4S/c1-17-12-18(2)14-22(13-17)26-25(30)21-7-4-10-27(16-21)33(31,32)23-8-9-24-20(15-23)6-5-11-28(24)19(3)29/h8-9,12-15,21H,4-7,10-11,16H2,1-3H3,(H,26,30)/t21-/m1/s1. The van der Waals surface area contributed by atoms with Crippen molar-refractivity contribution in [2.45, 2.75) is 51.3 Å². The highest BCUT2D eigenvalue weighted by atomic mass is 32.2. The third-order valence-electron chi connectivity index (χ3n) is 6.43. The van der Waals surface area contributed by atoms with E-state index < -0.39 is 15.9 Å². The Kier molecular flexibility index (Phi) is 6.59. The number of benzene rings is 2. The zero-order valence-electron chi connectivity index (χ0n) is 19.4. The fraction of sp³-hybridized carbons (Fsp3) is 0.440. The third-order valence-corrected chi connectivity index (χ3v) is 8.29. The lowest BCUT2D eigenvalue weighted by atomic mass is 9.98. The van der Waals surface area contributed by atoms with Crippen LogP contribution in [-0.4, -0.2) is 44.2 Å². The molecule has 1 saturated heterocycles. The number of sulfonamides is 1. The molecule has 7 nitrogen and oxygen atoms in total. The monoisotopic (exact) mass is 469 g/mol. The van der Waals surface area contributed by atoms with E-state index in [9.17, 15) is 18.0 Å². The number of rotatable bonds is 4. The number of carbonyl (C=O) groups excluding carboxylic acids is 2. The molecule has 0 saturated carbocycles. The van der Waals surface area contributed by atoms with Crippen LogP contribution in [0.1, 0.15) is 42.9 Å². The summed E-state index contributed by atoms with van der Waals surface area (Å²) in [5.74, 6) is -0.595. The SMILES string of the molecule is CC(=O)N1CCCc2cc(S(=O)(=O)N3CCC[C@@H](C(=O)Nc4cc(C)cc(C)c4)C3)ccc21. The average Bonchev–Trinajstić information content (AvgIpc) is 2.77. The minimum atomic E-state index is -3.74. The Morgan fingerprint density at radius 2 is 1.73 bits per heavy atom. The second kappa shape index (κ2) is 9.27. The highest BCUT2D eigenvalue weighted by molar-refractivity contribution is 7.89. The molecule has 1 fully saturated rings. The van der Waals surface area contributed by atoms with Gasteiger partial charge in [-0.3, -0.25) is 9.59 Å². The Bertz CT molecular complexity index is 1170. The van der Waals surface area contributed by atoms with E-state index in [-0.39, 0.29) is 23.3 Å². The van der Waals surface area contributed by atoms with Crippen LogP contribution in [-0.2, 0) is 26.0 Å². The molecular formula is C25H31N3O4S. The van der Waals surface area contributed by atoms with Gasteiger partial charge in [0.25, 0.3) is 0 Å². The number of amides is 2. The fourth-order valence-corrected chi connectivity index (χ4v) is 6.45. The quantitative estimate of drug-likeness (QED) is 0.741. The van der Waals surface area contributed by atoms with Gasteiger partial charge in [0.05, 0.1) is 10.8 Å². The molecule has 0 spiro atoms. The van der Waals surface area contributed by atoms with Crippen molar-refractivity contribution in [3.05, 3.63) is 53.1 Å². The van der Waals surface area contributed by atoms with Crippen molar-refractivity contribution in [2.75, 3.05) is 29.9 Å². The van der Waals surface area contributed by atoms with Crippen molar-refractivity contribution < 1.29 is 18.0 Å². The molecule has 0 aliphatic carbocycles. The van der Waals surface area contributed by atoms with Gasteiger partial charge < -0.3 is 10.2 Å².